The molecule has 2 N–H and O–H groups in total. The maximum absolute atomic E-state index is 10.1. The lowest BCUT2D eigenvalue weighted by atomic mass is 10.1. The van der Waals surface area contributed by atoms with Crippen LogP contribution in [0, 0.1) is 3.57 Å². The third-order valence-corrected chi connectivity index (χ3v) is 2.31. The molecule has 1 aromatic rings. The molecule has 0 aliphatic carbocycles. The number of carbonyl (C=O) groups excluding carboxylic acids is 1. The van der Waals surface area contributed by atoms with Crippen LogP contribution in [0.1, 0.15) is 12.0 Å². The average Bonchev–Trinajstić information content (AvgIpc) is 2.03. The molecule has 1 rings (SSSR count). The van der Waals surface area contributed by atoms with Crippen LogP contribution < -0.4 is 5.73 Å². The minimum absolute atomic E-state index is 0.546. The fraction of sp³-hybridized carbons (Fsp3) is 0.222. The Kier molecular flexibility index (Phi) is 3.52. The van der Waals surface area contributed by atoms with Crippen LogP contribution in [0.3, 0.4) is 0 Å². The SMILES string of the molecule is Nc1cc(I)ccc1CCC=O. The molecule has 0 bridgehead atoms. The van der Waals surface area contributed by atoms with E-state index >= 15 is 0 Å². The van der Waals surface area contributed by atoms with E-state index in [0.29, 0.717) is 6.42 Å². The fourth-order valence-corrected chi connectivity index (χ4v) is 1.52. The molecule has 0 saturated carbocycles. The van der Waals surface area contributed by atoms with E-state index in [4.69, 9.17) is 5.73 Å². The van der Waals surface area contributed by atoms with Crippen LogP contribution in [0.15, 0.2) is 18.2 Å². The van der Waals surface area contributed by atoms with Gasteiger partial charge in [-0.2, -0.15) is 0 Å². The Morgan fingerprint density at radius 1 is 1.50 bits per heavy atom. The predicted octanol–water partition coefficient (Wildman–Crippen LogP) is 2.00. The van der Waals surface area contributed by atoms with E-state index in [-0.39, 0.29) is 0 Å². The molecule has 0 radical (unpaired) electrons. The van der Waals surface area contributed by atoms with Crippen LogP contribution in [0.5, 0.6) is 0 Å². The summed E-state index contributed by atoms with van der Waals surface area (Å²) in [5, 5.41) is 0. The summed E-state index contributed by atoms with van der Waals surface area (Å²) in [7, 11) is 0. The number of anilines is 1. The molecule has 0 aromatic heterocycles. The van der Waals surface area contributed by atoms with Gasteiger partial charge in [-0.15, -0.1) is 0 Å². The summed E-state index contributed by atoms with van der Waals surface area (Å²) in [6.45, 7) is 0. The van der Waals surface area contributed by atoms with Crippen LogP contribution in [0.25, 0.3) is 0 Å². The molecule has 0 saturated heterocycles. The molecule has 64 valence electrons. The van der Waals surface area contributed by atoms with Gasteiger partial charge in [0.1, 0.15) is 6.29 Å². The summed E-state index contributed by atoms with van der Waals surface area (Å²) >= 11 is 2.21. The van der Waals surface area contributed by atoms with Gasteiger partial charge in [-0.1, -0.05) is 6.07 Å². The van der Waals surface area contributed by atoms with E-state index in [1.807, 2.05) is 18.2 Å². The maximum Gasteiger partial charge on any atom is 0.120 e. The molecule has 0 spiro atoms. The van der Waals surface area contributed by atoms with E-state index < -0.39 is 0 Å². The molecule has 2 nitrogen and oxygen atoms in total. The van der Waals surface area contributed by atoms with Gasteiger partial charge in [0.05, 0.1) is 0 Å². The van der Waals surface area contributed by atoms with E-state index in [1.165, 1.54) is 0 Å². The van der Waals surface area contributed by atoms with Gasteiger partial charge in [-0.3, -0.25) is 0 Å². The number of carbonyl (C=O) groups is 1. The van der Waals surface area contributed by atoms with Crippen molar-refractivity contribution in [3.63, 3.8) is 0 Å². The summed E-state index contributed by atoms with van der Waals surface area (Å²) in [6, 6.07) is 5.89. The maximum atomic E-state index is 10.1. The predicted molar refractivity (Wildman–Crippen MR) is 58.0 cm³/mol. The fourth-order valence-electron chi connectivity index (χ4n) is 1.01. The highest BCUT2D eigenvalue weighted by Gasteiger charge is 1.98. The van der Waals surface area contributed by atoms with Gasteiger partial charge in [0.15, 0.2) is 0 Å². The molecule has 0 unspecified atom stereocenters. The van der Waals surface area contributed by atoms with Crippen molar-refractivity contribution >= 4 is 34.6 Å². The zero-order valence-corrected chi connectivity index (χ0v) is 8.74. The minimum Gasteiger partial charge on any atom is -0.398 e. The van der Waals surface area contributed by atoms with Crippen LogP contribution in [0.4, 0.5) is 5.69 Å². The van der Waals surface area contributed by atoms with Crippen molar-refractivity contribution in [2.45, 2.75) is 12.8 Å². The van der Waals surface area contributed by atoms with Crippen molar-refractivity contribution < 1.29 is 4.79 Å². The monoisotopic (exact) mass is 275 g/mol. The first-order valence-corrected chi connectivity index (χ1v) is 4.79. The third-order valence-electron chi connectivity index (χ3n) is 1.64. The van der Waals surface area contributed by atoms with Crippen molar-refractivity contribution in [2.24, 2.45) is 0 Å². The number of benzene rings is 1. The zero-order valence-electron chi connectivity index (χ0n) is 6.59. The van der Waals surface area contributed by atoms with Gasteiger partial charge in [0.25, 0.3) is 0 Å². The second-order valence-electron chi connectivity index (χ2n) is 2.55. The van der Waals surface area contributed by atoms with E-state index in [9.17, 15) is 4.79 Å². The summed E-state index contributed by atoms with van der Waals surface area (Å²) in [6.07, 6.45) is 2.20. The Labute approximate surface area is 85.3 Å². The van der Waals surface area contributed by atoms with Crippen molar-refractivity contribution in [1.82, 2.24) is 0 Å². The first-order chi connectivity index (χ1) is 5.74. The van der Waals surface area contributed by atoms with Crippen LogP contribution >= 0.6 is 22.6 Å². The molecule has 0 aliphatic heterocycles. The molecular formula is C9H10INO. The topological polar surface area (TPSA) is 43.1 Å². The van der Waals surface area contributed by atoms with Crippen molar-refractivity contribution in [2.75, 3.05) is 5.73 Å². The van der Waals surface area contributed by atoms with Crippen LogP contribution in [-0.4, -0.2) is 6.29 Å². The Hall–Kier alpha value is -0.580. The molecule has 0 heterocycles. The van der Waals surface area contributed by atoms with Crippen LogP contribution in [-0.2, 0) is 11.2 Å². The normalized spacial score (nSPS) is 9.75. The van der Waals surface area contributed by atoms with E-state index in [0.717, 1.165) is 27.5 Å². The lowest BCUT2D eigenvalue weighted by Gasteiger charge is -2.02. The highest BCUT2D eigenvalue weighted by molar-refractivity contribution is 14.1. The lowest BCUT2D eigenvalue weighted by molar-refractivity contribution is -0.107. The van der Waals surface area contributed by atoms with Gasteiger partial charge in [-0.25, -0.2) is 0 Å². The average molecular weight is 275 g/mol. The summed E-state index contributed by atoms with van der Waals surface area (Å²) in [4.78, 5) is 10.1. The summed E-state index contributed by atoms with van der Waals surface area (Å²) in [5.74, 6) is 0. The van der Waals surface area contributed by atoms with Gasteiger partial charge in [0.2, 0.25) is 0 Å². The molecule has 1 aromatic carbocycles. The molecule has 0 fully saturated rings. The Balaban J connectivity index is 2.78. The number of aldehydes is 1. The standard InChI is InChI=1S/C9H10INO/c10-8-4-3-7(2-1-5-12)9(11)6-8/h3-6H,1-2,11H2. The molecule has 12 heavy (non-hydrogen) atoms. The number of rotatable bonds is 3. The van der Waals surface area contributed by atoms with E-state index in [1.54, 1.807) is 0 Å². The molecule has 0 aliphatic rings. The van der Waals surface area contributed by atoms with Crippen molar-refractivity contribution in [3.8, 4) is 0 Å². The first kappa shape index (κ1) is 9.51. The number of aryl methyl sites for hydroxylation is 1. The molecular weight excluding hydrogens is 265 g/mol. The number of hydrogen-bond donors (Lipinski definition) is 1. The summed E-state index contributed by atoms with van der Waals surface area (Å²) < 4.78 is 1.12. The number of nitrogens with two attached hydrogens (primary N) is 1. The second kappa shape index (κ2) is 4.45. The third kappa shape index (κ3) is 2.48. The Morgan fingerprint density at radius 2 is 2.25 bits per heavy atom. The molecule has 3 heteroatoms. The van der Waals surface area contributed by atoms with Crippen LogP contribution in [0.2, 0.25) is 0 Å². The minimum atomic E-state index is 0.546. The van der Waals surface area contributed by atoms with Gasteiger partial charge in [0, 0.05) is 15.7 Å². The Morgan fingerprint density at radius 3 is 2.83 bits per heavy atom. The first-order valence-electron chi connectivity index (χ1n) is 3.71. The largest absolute Gasteiger partial charge is 0.398 e. The number of halogens is 1. The number of hydrogen-bond acceptors (Lipinski definition) is 2. The van der Waals surface area contributed by atoms with Crippen molar-refractivity contribution in [3.05, 3.63) is 27.3 Å². The summed E-state index contributed by atoms with van der Waals surface area (Å²) in [5.41, 5.74) is 7.58. The Bertz CT molecular complexity index is 286. The smallest absolute Gasteiger partial charge is 0.120 e. The number of nitrogen functional groups attached to an aromatic ring is 1. The van der Waals surface area contributed by atoms with Gasteiger partial charge >= 0.3 is 0 Å². The molecule has 0 amide bonds. The highest BCUT2D eigenvalue weighted by atomic mass is 127. The lowest BCUT2D eigenvalue weighted by Crippen LogP contribution is -1.95. The van der Waals surface area contributed by atoms with E-state index in [2.05, 4.69) is 22.6 Å². The highest BCUT2D eigenvalue weighted by Crippen LogP contribution is 2.16. The molecule has 0 atom stereocenters. The van der Waals surface area contributed by atoms with Gasteiger partial charge in [-0.05, 0) is 46.7 Å². The second-order valence-corrected chi connectivity index (χ2v) is 3.79. The zero-order chi connectivity index (χ0) is 8.97. The quantitative estimate of drug-likeness (QED) is 0.521. The van der Waals surface area contributed by atoms with Gasteiger partial charge < -0.3 is 10.5 Å². The van der Waals surface area contributed by atoms with Crippen molar-refractivity contribution in [1.29, 1.82) is 0 Å².